The summed E-state index contributed by atoms with van der Waals surface area (Å²) in [4.78, 5) is 47.7. The van der Waals surface area contributed by atoms with Crippen molar-refractivity contribution in [3.8, 4) is 0 Å². The Kier molecular flexibility index (Phi) is 43.5. The number of esters is 1. The molecular weight excluding hydrogens is 777 g/mol. The summed E-state index contributed by atoms with van der Waals surface area (Å²) >= 11 is 0. The number of hydrogen-bond donors (Lipinski definition) is 4. The highest BCUT2D eigenvalue weighted by Crippen LogP contribution is 2.16. The summed E-state index contributed by atoms with van der Waals surface area (Å²) in [5, 5.41) is 22.6. The van der Waals surface area contributed by atoms with Gasteiger partial charge in [-0.2, -0.15) is 0 Å². The molecule has 0 aliphatic carbocycles. The Bertz CT molecular complexity index is 1310. The molecule has 0 aliphatic rings. The lowest BCUT2D eigenvalue weighted by Gasteiger charge is -2.15. The molecule has 2 atom stereocenters. The smallest absolute Gasteiger partial charge is 0.328 e. The molecule has 0 fully saturated rings. The van der Waals surface area contributed by atoms with E-state index in [1.165, 1.54) is 70.6 Å². The number of carboxylic acid groups (broad SMARTS) is 1. The predicted octanol–water partition coefficient (Wildman–Crippen LogP) is 12.8. The van der Waals surface area contributed by atoms with E-state index < -0.39 is 24.5 Å². The number of aliphatic hydroxyl groups excluding tert-OH is 1. The molecule has 62 heavy (non-hydrogen) atoms. The van der Waals surface area contributed by atoms with Crippen molar-refractivity contribution in [2.75, 3.05) is 13.2 Å². The van der Waals surface area contributed by atoms with Crippen LogP contribution in [0.4, 0.5) is 0 Å². The third-order valence-electron chi connectivity index (χ3n) is 10.4. The number of ether oxygens (including phenoxy) is 1. The maximum absolute atomic E-state index is 12.8. The zero-order chi connectivity index (χ0) is 45.4. The van der Waals surface area contributed by atoms with E-state index in [4.69, 9.17) is 14.9 Å². The Morgan fingerprint density at radius 3 is 1.48 bits per heavy atom. The molecule has 352 valence electrons. The van der Waals surface area contributed by atoms with Crippen LogP contribution in [-0.4, -0.2) is 59.3 Å². The van der Waals surface area contributed by atoms with Gasteiger partial charge >= 0.3 is 11.9 Å². The second kappa shape index (κ2) is 46.5. The molecule has 0 bridgehead atoms. The van der Waals surface area contributed by atoms with E-state index in [2.05, 4.69) is 103 Å². The van der Waals surface area contributed by atoms with Gasteiger partial charge in [-0.25, -0.2) is 4.79 Å². The van der Waals surface area contributed by atoms with E-state index in [9.17, 15) is 19.2 Å². The quantitative estimate of drug-likeness (QED) is 0.0272. The fourth-order valence-corrected chi connectivity index (χ4v) is 6.63. The number of hydrogen-bond acceptors (Lipinski definition) is 6. The van der Waals surface area contributed by atoms with Gasteiger partial charge in [-0.1, -0.05) is 176 Å². The van der Waals surface area contributed by atoms with Gasteiger partial charge in [-0.3, -0.25) is 14.4 Å². The van der Waals surface area contributed by atoms with E-state index >= 15 is 0 Å². The third-order valence-corrected chi connectivity index (χ3v) is 10.4. The normalized spacial score (nSPS) is 13.2. The summed E-state index contributed by atoms with van der Waals surface area (Å²) in [6.45, 7) is 3.32. The molecule has 0 rings (SSSR count). The van der Waals surface area contributed by atoms with Crippen LogP contribution in [0.3, 0.4) is 0 Å². The number of aliphatic carboxylic acids is 1. The van der Waals surface area contributed by atoms with Crippen LogP contribution in [-0.2, 0) is 23.9 Å². The molecule has 0 heterocycles. The Balaban J connectivity index is 4.30. The molecule has 0 radical (unpaired) electrons. The fourth-order valence-electron chi connectivity index (χ4n) is 6.63. The Hall–Kier alpha value is -3.98. The molecule has 2 amide bonds. The first-order valence-corrected chi connectivity index (χ1v) is 24.5. The highest BCUT2D eigenvalue weighted by Gasteiger charge is 2.18. The first kappa shape index (κ1) is 58.0. The zero-order valence-corrected chi connectivity index (χ0v) is 39.1. The predicted molar refractivity (Wildman–Crippen MR) is 259 cm³/mol. The summed E-state index contributed by atoms with van der Waals surface area (Å²) in [7, 11) is 0. The minimum absolute atomic E-state index is 0.122. The third kappa shape index (κ3) is 42.7. The number of rotatable bonds is 43. The van der Waals surface area contributed by atoms with Gasteiger partial charge in [0, 0.05) is 12.8 Å². The van der Waals surface area contributed by atoms with Crippen LogP contribution in [0, 0.1) is 0 Å². The molecular formula is C53H88N2O7. The highest BCUT2D eigenvalue weighted by atomic mass is 16.5. The average molecular weight is 865 g/mol. The number of allylic oxidation sites excluding steroid dienone is 13. The molecule has 0 spiro atoms. The maximum Gasteiger partial charge on any atom is 0.328 e. The lowest BCUT2D eigenvalue weighted by molar-refractivity contribution is -0.147. The monoisotopic (exact) mass is 865 g/mol. The summed E-state index contributed by atoms with van der Waals surface area (Å²) in [6, 6.07) is -1.39. The van der Waals surface area contributed by atoms with Crippen molar-refractivity contribution in [1.82, 2.24) is 10.6 Å². The lowest BCUT2D eigenvalue weighted by Crippen LogP contribution is -2.47. The van der Waals surface area contributed by atoms with Gasteiger partial charge in [0.25, 0.3) is 0 Å². The first-order valence-electron chi connectivity index (χ1n) is 24.5. The number of amides is 2. The zero-order valence-electron chi connectivity index (χ0n) is 39.1. The van der Waals surface area contributed by atoms with E-state index in [1.807, 2.05) is 6.08 Å². The van der Waals surface area contributed by atoms with Gasteiger partial charge in [0.05, 0.1) is 13.2 Å². The molecule has 0 aliphatic heterocycles. The summed E-state index contributed by atoms with van der Waals surface area (Å²) in [5.41, 5.74) is 0. The number of unbranched alkanes of at least 4 members (excludes halogenated alkanes) is 17. The average Bonchev–Trinajstić information content (AvgIpc) is 3.26. The first-order chi connectivity index (χ1) is 30.3. The molecule has 0 aromatic heterocycles. The number of carboxylic acids is 1. The number of nitrogens with one attached hydrogen (secondary N) is 2. The SMILES string of the molecule is CC/C=C\C/C=C\C/C=C\C/C=C\CCCCCCCCCCCCC(=O)OC(/C=C\C/C=C\C/C=C\CCCCC)CCCCCCCC(=O)NCC(=O)NC(CO)C(=O)O. The second-order valence-electron chi connectivity index (χ2n) is 16.2. The number of aliphatic hydroxyl groups is 1. The van der Waals surface area contributed by atoms with Crippen LogP contribution < -0.4 is 10.6 Å². The van der Waals surface area contributed by atoms with Crippen LogP contribution in [0.1, 0.15) is 200 Å². The molecule has 0 saturated carbocycles. The lowest BCUT2D eigenvalue weighted by atomic mass is 10.0. The van der Waals surface area contributed by atoms with Crippen molar-refractivity contribution in [3.05, 3.63) is 85.1 Å². The van der Waals surface area contributed by atoms with Crippen LogP contribution in [0.2, 0.25) is 0 Å². The van der Waals surface area contributed by atoms with Gasteiger partial charge in [-0.15, -0.1) is 0 Å². The molecule has 9 nitrogen and oxygen atoms in total. The van der Waals surface area contributed by atoms with Gasteiger partial charge < -0.3 is 25.6 Å². The van der Waals surface area contributed by atoms with E-state index in [0.29, 0.717) is 12.8 Å². The van der Waals surface area contributed by atoms with Gasteiger partial charge in [0.1, 0.15) is 12.1 Å². The van der Waals surface area contributed by atoms with Crippen LogP contribution in [0.15, 0.2) is 85.1 Å². The Morgan fingerprint density at radius 1 is 0.516 bits per heavy atom. The fraction of sp³-hybridized carbons (Fsp3) is 0.660. The van der Waals surface area contributed by atoms with Crippen molar-refractivity contribution >= 4 is 23.8 Å². The maximum atomic E-state index is 12.8. The topological polar surface area (TPSA) is 142 Å². The van der Waals surface area contributed by atoms with Crippen molar-refractivity contribution < 1.29 is 34.1 Å². The largest absolute Gasteiger partial charge is 0.480 e. The van der Waals surface area contributed by atoms with Gasteiger partial charge in [0.15, 0.2) is 0 Å². The van der Waals surface area contributed by atoms with E-state index in [-0.39, 0.29) is 30.9 Å². The molecule has 0 aromatic rings. The van der Waals surface area contributed by atoms with Crippen molar-refractivity contribution in [2.45, 2.75) is 212 Å². The van der Waals surface area contributed by atoms with Crippen LogP contribution in [0.5, 0.6) is 0 Å². The molecule has 0 saturated heterocycles. The molecule has 9 heteroatoms. The van der Waals surface area contributed by atoms with E-state index in [0.717, 1.165) is 96.3 Å². The van der Waals surface area contributed by atoms with Crippen LogP contribution in [0.25, 0.3) is 0 Å². The molecule has 0 aromatic carbocycles. The minimum Gasteiger partial charge on any atom is -0.480 e. The summed E-state index contributed by atoms with van der Waals surface area (Å²) < 4.78 is 5.94. The van der Waals surface area contributed by atoms with Crippen molar-refractivity contribution in [1.29, 1.82) is 0 Å². The number of carbonyl (C=O) groups is 4. The van der Waals surface area contributed by atoms with Crippen molar-refractivity contribution in [3.63, 3.8) is 0 Å². The Morgan fingerprint density at radius 2 is 0.968 bits per heavy atom. The van der Waals surface area contributed by atoms with Crippen molar-refractivity contribution in [2.24, 2.45) is 0 Å². The van der Waals surface area contributed by atoms with Crippen LogP contribution >= 0.6 is 0 Å². The number of carbonyl (C=O) groups excluding carboxylic acids is 3. The molecule has 2 unspecified atom stereocenters. The van der Waals surface area contributed by atoms with Gasteiger partial charge in [0.2, 0.25) is 11.8 Å². The standard InChI is InChI=1S/C53H88N2O7/c1-3-5-7-9-11-13-15-16-17-18-19-20-21-22-23-24-25-26-28-30-32-37-41-45-52(59)62-48(42-38-34-31-29-27-14-12-10-8-6-4-2)43-39-35-33-36-40-44-50(57)54-46-51(58)55-49(47-56)53(60)61/h5,7,11-14,16-17,19-20,29,31,38,42,48-49,56H,3-4,6,8-10,15,18,21-28,30,32-37,39-41,43-47H2,1-2H3,(H,54,57)(H,55,58)(H,60,61)/b7-5-,13-11-,14-12-,17-16-,20-19-,31-29-,42-38-. The molecule has 4 N–H and O–H groups in total. The Labute approximate surface area is 377 Å². The summed E-state index contributed by atoms with van der Waals surface area (Å²) in [5.74, 6) is -2.40. The second-order valence-corrected chi connectivity index (χ2v) is 16.2. The highest BCUT2D eigenvalue weighted by molar-refractivity contribution is 5.87. The van der Waals surface area contributed by atoms with E-state index in [1.54, 1.807) is 0 Å². The summed E-state index contributed by atoms with van der Waals surface area (Å²) in [6.07, 6.45) is 60.6. The van der Waals surface area contributed by atoms with Gasteiger partial charge in [-0.05, 0) is 96.0 Å². The minimum atomic E-state index is -1.39.